The van der Waals surface area contributed by atoms with E-state index in [1.54, 1.807) is 0 Å². The highest BCUT2D eigenvalue weighted by atomic mass is 16.3. The van der Waals surface area contributed by atoms with Crippen LogP contribution >= 0.6 is 0 Å². The first-order chi connectivity index (χ1) is 6.59. The molecule has 4 N–H and O–H groups in total. The molecule has 1 aromatic rings. The third-order valence-electron chi connectivity index (χ3n) is 2.95. The molecule has 0 spiro atoms. The van der Waals surface area contributed by atoms with E-state index in [1.807, 2.05) is 25.1 Å². The van der Waals surface area contributed by atoms with Gasteiger partial charge in [-0.2, -0.15) is 0 Å². The van der Waals surface area contributed by atoms with E-state index in [4.69, 9.17) is 5.73 Å². The van der Waals surface area contributed by atoms with Gasteiger partial charge in [0, 0.05) is 17.3 Å². The summed E-state index contributed by atoms with van der Waals surface area (Å²) in [4.78, 5) is 0. The molecule has 0 bridgehead atoms. The van der Waals surface area contributed by atoms with Gasteiger partial charge in [-0.15, -0.1) is 0 Å². The monoisotopic (exact) mass is 192 g/mol. The van der Waals surface area contributed by atoms with Crippen LogP contribution in [0.3, 0.4) is 0 Å². The number of aliphatic hydroxyl groups is 1. The predicted octanol–water partition coefficient (Wildman–Crippen LogP) is 1.55. The van der Waals surface area contributed by atoms with Gasteiger partial charge in [0.1, 0.15) is 0 Å². The van der Waals surface area contributed by atoms with Gasteiger partial charge in [-0.25, -0.2) is 0 Å². The number of nitrogens with two attached hydrogens (primary N) is 1. The molecule has 3 nitrogen and oxygen atoms in total. The molecule has 1 aliphatic rings. The zero-order chi connectivity index (χ0) is 10.3. The summed E-state index contributed by atoms with van der Waals surface area (Å²) < 4.78 is 0. The van der Waals surface area contributed by atoms with Crippen LogP contribution in [0.25, 0.3) is 0 Å². The third kappa shape index (κ3) is 1.34. The predicted molar refractivity (Wildman–Crippen MR) is 58.4 cm³/mol. The van der Waals surface area contributed by atoms with Crippen molar-refractivity contribution in [1.82, 2.24) is 0 Å². The van der Waals surface area contributed by atoms with E-state index in [9.17, 15) is 5.11 Å². The molecule has 1 aromatic carbocycles. The number of anilines is 2. The van der Waals surface area contributed by atoms with E-state index >= 15 is 0 Å². The first-order valence-electron chi connectivity index (χ1n) is 4.93. The van der Waals surface area contributed by atoms with Gasteiger partial charge >= 0.3 is 0 Å². The number of nitrogens with one attached hydrogen (secondary N) is 1. The van der Waals surface area contributed by atoms with Crippen molar-refractivity contribution in [2.75, 3.05) is 11.1 Å². The molecule has 14 heavy (non-hydrogen) atoms. The maximum atomic E-state index is 9.57. The van der Waals surface area contributed by atoms with Gasteiger partial charge in [0.15, 0.2) is 0 Å². The average molecular weight is 192 g/mol. The van der Waals surface area contributed by atoms with Gasteiger partial charge in [-0.05, 0) is 30.7 Å². The van der Waals surface area contributed by atoms with Gasteiger partial charge in [0.25, 0.3) is 0 Å². The molecule has 0 fully saturated rings. The fourth-order valence-corrected chi connectivity index (χ4v) is 2.13. The minimum Gasteiger partial charge on any atom is -0.399 e. The Hall–Kier alpha value is -1.22. The summed E-state index contributed by atoms with van der Waals surface area (Å²) in [5.74, 6) is 0.313. The molecule has 1 aliphatic heterocycles. The van der Waals surface area contributed by atoms with Crippen molar-refractivity contribution in [1.29, 1.82) is 0 Å². The van der Waals surface area contributed by atoms with E-state index in [0.29, 0.717) is 5.92 Å². The van der Waals surface area contributed by atoms with E-state index in [0.717, 1.165) is 11.4 Å². The number of nitrogen functional groups attached to an aromatic ring is 1. The lowest BCUT2D eigenvalue weighted by Crippen LogP contribution is -2.31. The topological polar surface area (TPSA) is 58.3 Å². The van der Waals surface area contributed by atoms with Gasteiger partial charge in [0.2, 0.25) is 0 Å². The van der Waals surface area contributed by atoms with Crippen LogP contribution in [-0.2, 0) is 0 Å². The number of aliphatic hydroxyl groups excluding tert-OH is 1. The number of benzene rings is 1. The average Bonchev–Trinajstić information content (AvgIpc) is 2.44. The zero-order valence-corrected chi connectivity index (χ0v) is 8.49. The van der Waals surface area contributed by atoms with Crippen molar-refractivity contribution in [3.63, 3.8) is 0 Å². The summed E-state index contributed by atoms with van der Waals surface area (Å²) in [6.45, 7) is 3.92. The third-order valence-corrected chi connectivity index (χ3v) is 2.95. The Morgan fingerprint density at radius 2 is 2.21 bits per heavy atom. The number of hydrogen-bond acceptors (Lipinski definition) is 3. The Morgan fingerprint density at radius 3 is 2.86 bits per heavy atom. The van der Waals surface area contributed by atoms with Crippen molar-refractivity contribution in [3.05, 3.63) is 23.8 Å². The Bertz CT molecular complexity index is 349. The van der Waals surface area contributed by atoms with Gasteiger partial charge < -0.3 is 16.2 Å². The Morgan fingerprint density at radius 1 is 1.50 bits per heavy atom. The minimum absolute atomic E-state index is 0.104. The minimum atomic E-state index is -0.348. The van der Waals surface area contributed by atoms with Gasteiger partial charge in [-0.1, -0.05) is 6.92 Å². The van der Waals surface area contributed by atoms with E-state index < -0.39 is 0 Å². The lowest BCUT2D eigenvalue weighted by molar-refractivity contribution is 0.165. The molecule has 0 saturated heterocycles. The SMILES string of the molecule is CC(O)C1Nc2ccc(N)cc2C1C. The standard InChI is InChI=1S/C11H16N2O/c1-6-9-5-8(12)3-4-10(9)13-11(6)7(2)14/h3-7,11,13-14H,12H2,1-2H3. The largest absolute Gasteiger partial charge is 0.399 e. The first kappa shape index (κ1) is 9.34. The molecule has 3 atom stereocenters. The first-order valence-corrected chi connectivity index (χ1v) is 4.93. The van der Waals surface area contributed by atoms with E-state index in [2.05, 4.69) is 12.2 Å². The van der Waals surface area contributed by atoms with E-state index in [-0.39, 0.29) is 12.1 Å². The highest BCUT2D eigenvalue weighted by Gasteiger charge is 2.31. The second-order valence-electron chi connectivity index (χ2n) is 4.05. The molecular weight excluding hydrogens is 176 g/mol. The molecule has 1 heterocycles. The molecule has 0 radical (unpaired) electrons. The fourth-order valence-electron chi connectivity index (χ4n) is 2.13. The second kappa shape index (κ2) is 3.17. The lowest BCUT2D eigenvalue weighted by Gasteiger charge is -2.19. The summed E-state index contributed by atoms with van der Waals surface area (Å²) >= 11 is 0. The normalized spacial score (nSPS) is 26.8. The summed E-state index contributed by atoms with van der Waals surface area (Å²) in [5, 5.41) is 12.9. The van der Waals surface area contributed by atoms with Crippen LogP contribution in [0.15, 0.2) is 18.2 Å². The smallest absolute Gasteiger partial charge is 0.0718 e. The van der Waals surface area contributed by atoms with Crippen LogP contribution in [0.4, 0.5) is 11.4 Å². The maximum Gasteiger partial charge on any atom is 0.0718 e. The highest BCUT2D eigenvalue weighted by Crippen LogP contribution is 2.37. The molecule has 3 heteroatoms. The molecular formula is C11H16N2O. The summed E-state index contributed by atoms with van der Waals surface area (Å²) in [6, 6.07) is 5.94. The molecule has 0 aliphatic carbocycles. The summed E-state index contributed by atoms with van der Waals surface area (Å²) in [7, 11) is 0. The van der Waals surface area contributed by atoms with Crippen LogP contribution in [0.5, 0.6) is 0 Å². The second-order valence-corrected chi connectivity index (χ2v) is 4.05. The van der Waals surface area contributed by atoms with Crippen LogP contribution in [-0.4, -0.2) is 17.3 Å². The molecule has 2 rings (SSSR count). The van der Waals surface area contributed by atoms with Crippen molar-refractivity contribution in [2.45, 2.75) is 31.9 Å². The van der Waals surface area contributed by atoms with Crippen LogP contribution in [0, 0.1) is 0 Å². The Labute approximate surface area is 83.9 Å². The van der Waals surface area contributed by atoms with Gasteiger partial charge in [0.05, 0.1) is 12.1 Å². The number of rotatable bonds is 1. The molecule has 0 amide bonds. The van der Waals surface area contributed by atoms with Crippen molar-refractivity contribution < 1.29 is 5.11 Å². The van der Waals surface area contributed by atoms with Crippen LogP contribution in [0.2, 0.25) is 0 Å². The zero-order valence-electron chi connectivity index (χ0n) is 8.49. The highest BCUT2D eigenvalue weighted by molar-refractivity contribution is 5.64. The molecule has 0 aromatic heterocycles. The van der Waals surface area contributed by atoms with Crippen molar-refractivity contribution >= 4 is 11.4 Å². The summed E-state index contributed by atoms with van der Waals surface area (Å²) in [5.41, 5.74) is 8.81. The maximum absolute atomic E-state index is 9.57. The van der Waals surface area contributed by atoms with Gasteiger partial charge in [-0.3, -0.25) is 0 Å². The summed E-state index contributed by atoms with van der Waals surface area (Å²) in [6.07, 6.45) is -0.348. The van der Waals surface area contributed by atoms with Crippen molar-refractivity contribution in [3.8, 4) is 0 Å². The number of hydrogen-bond donors (Lipinski definition) is 3. The molecule has 3 unspecified atom stereocenters. The lowest BCUT2D eigenvalue weighted by atomic mass is 9.94. The number of fused-ring (bicyclic) bond motifs is 1. The fraction of sp³-hybridized carbons (Fsp3) is 0.455. The van der Waals surface area contributed by atoms with Crippen molar-refractivity contribution in [2.24, 2.45) is 0 Å². The van der Waals surface area contributed by atoms with E-state index in [1.165, 1.54) is 5.56 Å². The molecule has 0 saturated carbocycles. The van der Waals surface area contributed by atoms with Crippen LogP contribution < -0.4 is 11.1 Å². The van der Waals surface area contributed by atoms with Crippen LogP contribution in [0.1, 0.15) is 25.3 Å². The Balaban J connectivity index is 2.36. The molecule has 76 valence electrons. The quantitative estimate of drug-likeness (QED) is 0.592. The Kier molecular flexibility index (Phi) is 2.11.